The van der Waals surface area contributed by atoms with Gasteiger partial charge in [-0.3, -0.25) is 0 Å². The van der Waals surface area contributed by atoms with Gasteiger partial charge in [-0.05, 0) is 83.7 Å². The molecule has 0 unspecified atom stereocenters. The summed E-state index contributed by atoms with van der Waals surface area (Å²) in [5.41, 5.74) is 6.68. The maximum atomic E-state index is 8.55. The molecule has 1 aliphatic rings. The van der Waals surface area contributed by atoms with Gasteiger partial charge in [0.1, 0.15) is 0 Å². The zero-order valence-electron chi connectivity index (χ0n) is 34.6. The number of aryl methyl sites for hydroxylation is 1. The molecule has 1 radical (unpaired) electrons. The molecule has 0 atom stereocenters. The third-order valence-corrected chi connectivity index (χ3v) is 11.6. The van der Waals surface area contributed by atoms with Crippen molar-refractivity contribution in [1.82, 2.24) is 15.0 Å². The average Bonchev–Trinajstić information content (AvgIpc) is 3.80. The van der Waals surface area contributed by atoms with Crippen LogP contribution >= 0.6 is 0 Å². The minimum Gasteiger partial charge on any atom is -0.486 e. The molecule has 49 heavy (non-hydrogen) atoms. The summed E-state index contributed by atoms with van der Waals surface area (Å²) in [6.07, 6.45) is 7.63. The molecule has 6 aromatic rings. The zero-order valence-corrected chi connectivity index (χ0v) is 33.0. The molecule has 0 aliphatic heterocycles. The van der Waals surface area contributed by atoms with Crippen LogP contribution in [0.4, 0.5) is 0 Å². The number of pyridine rings is 3. The number of hydrogen-bond acceptors (Lipinski definition) is 4. The van der Waals surface area contributed by atoms with E-state index in [1.54, 1.807) is 18.2 Å². The van der Waals surface area contributed by atoms with E-state index in [4.69, 9.17) is 11.3 Å². The number of hydrogen-bond donors (Lipinski definition) is 0. The van der Waals surface area contributed by atoms with Crippen LogP contribution in [0.5, 0.6) is 0 Å². The molecule has 1 aliphatic carbocycles. The Morgan fingerprint density at radius 2 is 1.73 bits per heavy atom. The van der Waals surface area contributed by atoms with E-state index in [0.717, 1.165) is 44.0 Å². The van der Waals surface area contributed by atoms with E-state index in [1.165, 1.54) is 31.2 Å². The fourth-order valence-corrected chi connectivity index (χ4v) is 8.20. The van der Waals surface area contributed by atoms with Crippen molar-refractivity contribution in [2.24, 2.45) is 11.8 Å². The predicted molar refractivity (Wildman–Crippen MR) is 203 cm³/mol. The molecule has 0 N–H and O–H groups in total. The van der Waals surface area contributed by atoms with Crippen LogP contribution in [0.3, 0.4) is 0 Å². The largest absolute Gasteiger partial charge is 0.486 e. The topological polar surface area (TPSA) is 51.8 Å². The third-order valence-electron chi connectivity index (χ3n) is 9.57. The second-order valence-corrected chi connectivity index (χ2v) is 19.9. The second kappa shape index (κ2) is 15.2. The van der Waals surface area contributed by atoms with Gasteiger partial charge in [-0.1, -0.05) is 83.3 Å². The molecule has 0 amide bonds. The van der Waals surface area contributed by atoms with Crippen molar-refractivity contribution in [3.8, 4) is 22.5 Å². The van der Waals surface area contributed by atoms with E-state index in [9.17, 15) is 0 Å². The van der Waals surface area contributed by atoms with E-state index >= 15 is 0 Å². The van der Waals surface area contributed by atoms with Crippen molar-refractivity contribution in [1.29, 1.82) is 0 Å². The number of furan rings is 1. The SMILES string of the molecule is [2H]C([2H])([2H])c1ccc2c(n1)oc1c[c-]c(-c3cc(C(C)(C)C4CCCC4)ccn3)cc12.[2H]C([2H])(c1cc(-c2[c-]cccc2)ncc1[Si](C)(C)C)C(C)C.[Ir]. The van der Waals surface area contributed by atoms with Gasteiger partial charge in [-0.2, -0.15) is 0 Å². The zero-order chi connectivity index (χ0) is 38.3. The van der Waals surface area contributed by atoms with Gasteiger partial charge in [0.2, 0.25) is 5.71 Å². The summed E-state index contributed by atoms with van der Waals surface area (Å²) >= 11 is 0. The molecule has 0 spiro atoms. The van der Waals surface area contributed by atoms with Crippen LogP contribution in [0.15, 0.2) is 83.5 Å². The first kappa shape index (κ1) is 30.4. The minimum absolute atomic E-state index is 0. The molecule has 0 saturated heterocycles. The normalized spacial score (nSPS) is 15.9. The Hall–Kier alpha value is -3.44. The molecule has 2 aromatic carbocycles. The number of benzene rings is 2. The van der Waals surface area contributed by atoms with Crippen molar-refractivity contribution in [3.63, 3.8) is 0 Å². The van der Waals surface area contributed by atoms with Gasteiger partial charge in [0.05, 0.1) is 13.7 Å². The molecule has 1 saturated carbocycles. The first-order valence-corrected chi connectivity index (χ1v) is 20.6. The van der Waals surface area contributed by atoms with E-state index in [0.29, 0.717) is 17.2 Å². The summed E-state index contributed by atoms with van der Waals surface area (Å²) < 4.78 is 45.6. The van der Waals surface area contributed by atoms with Gasteiger partial charge in [0, 0.05) is 50.4 Å². The van der Waals surface area contributed by atoms with Gasteiger partial charge >= 0.3 is 0 Å². The molecule has 4 aromatic heterocycles. The van der Waals surface area contributed by atoms with E-state index in [1.807, 2.05) is 62.6 Å². The summed E-state index contributed by atoms with van der Waals surface area (Å²) in [5.74, 6) is 0.614. The van der Waals surface area contributed by atoms with Crippen molar-refractivity contribution in [2.45, 2.75) is 91.7 Å². The van der Waals surface area contributed by atoms with Crippen LogP contribution in [-0.4, -0.2) is 23.0 Å². The molecule has 257 valence electrons. The number of aromatic nitrogens is 3. The molecule has 1 fully saturated rings. The van der Waals surface area contributed by atoms with Gasteiger partial charge in [-0.25, -0.2) is 4.98 Å². The Morgan fingerprint density at radius 1 is 0.959 bits per heavy atom. The second-order valence-electron chi connectivity index (χ2n) is 14.8. The molecular weight excluding hydrogens is 795 g/mol. The smallest absolute Gasteiger partial charge is 0.216 e. The van der Waals surface area contributed by atoms with Crippen LogP contribution in [0, 0.1) is 30.8 Å². The van der Waals surface area contributed by atoms with Gasteiger partial charge < -0.3 is 14.4 Å². The van der Waals surface area contributed by atoms with Gasteiger partial charge in [-0.15, -0.1) is 59.7 Å². The summed E-state index contributed by atoms with van der Waals surface area (Å²) in [7, 11) is -1.67. The Kier molecular flexibility index (Phi) is 9.43. The maximum absolute atomic E-state index is 8.55. The third kappa shape index (κ3) is 8.31. The summed E-state index contributed by atoms with van der Waals surface area (Å²) in [4.78, 5) is 13.4. The number of nitrogens with zero attached hydrogens (tertiary/aromatic N) is 3. The summed E-state index contributed by atoms with van der Waals surface area (Å²) in [6.45, 7) is 13.0. The van der Waals surface area contributed by atoms with Crippen LogP contribution < -0.4 is 5.19 Å². The molecule has 4 nitrogen and oxygen atoms in total. The van der Waals surface area contributed by atoms with Crippen molar-refractivity contribution >= 4 is 35.3 Å². The first-order chi connectivity index (χ1) is 24.9. The Bertz CT molecular complexity index is 2220. The van der Waals surface area contributed by atoms with E-state index in [-0.39, 0.29) is 37.1 Å². The average molecular weight is 849 g/mol. The minimum atomic E-state index is -2.26. The monoisotopic (exact) mass is 849 g/mol. The van der Waals surface area contributed by atoms with Crippen LogP contribution in [0.25, 0.3) is 44.6 Å². The van der Waals surface area contributed by atoms with E-state index in [2.05, 4.69) is 72.7 Å². The fourth-order valence-electron chi connectivity index (χ4n) is 6.79. The van der Waals surface area contributed by atoms with Crippen LogP contribution in [0.2, 0.25) is 19.6 Å². The van der Waals surface area contributed by atoms with Crippen molar-refractivity contribution in [3.05, 3.63) is 108 Å². The molecule has 7 rings (SSSR count). The first-order valence-electron chi connectivity index (χ1n) is 19.6. The van der Waals surface area contributed by atoms with Crippen LogP contribution in [-0.2, 0) is 31.9 Å². The predicted octanol–water partition coefficient (Wildman–Crippen LogP) is 10.9. The quantitative estimate of drug-likeness (QED) is 0.119. The standard InChI is InChI=1S/C25H25N2O.C18H24NSi.Ir/c1-16-8-10-20-21-14-17(9-11-23(21)28-24(20)27-16)22-15-19(12-13-26-22)25(2,3)18-6-4-5-7-18;1-14(2)11-16-12-17(15-9-7-6-8-10-15)19-13-18(16)20(3,4)5;/h8,10-15,18H,4-7H2,1-3H3;6-9,12-14H,11H2,1-5H3;/q2*-1;/i1D3;11D2;. The number of fused-ring (bicyclic) bond motifs is 3. The number of rotatable bonds is 7. The summed E-state index contributed by atoms with van der Waals surface area (Å²) in [6, 6.07) is 27.5. The summed E-state index contributed by atoms with van der Waals surface area (Å²) in [5, 5.41) is 2.78. The Labute approximate surface area is 314 Å². The molecule has 0 bridgehead atoms. The molecule has 4 heterocycles. The van der Waals surface area contributed by atoms with Gasteiger partial charge in [0.15, 0.2) is 0 Å². The molecule has 6 heteroatoms. The van der Waals surface area contributed by atoms with Crippen molar-refractivity contribution < 1.29 is 31.4 Å². The maximum Gasteiger partial charge on any atom is 0.216 e. The Balaban J connectivity index is 0.000000217. The van der Waals surface area contributed by atoms with Gasteiger partial charge in [0.25, 0.3) is 0 Å². The van der Waals surface area contributed by atoms with E-state index < -0.39 is 21.3 Å². The fraction of sp³-hybridized carbons (Fsp3) is 0.372. The van der Waals surface area contributed by atoms with Crippen molar-refractivity contribution in [2.75, 3.05) is 0 Å². The molecular formula is C43H49IrN3OSi-2. The van der Waals surface area contributed by atoms with Crippen LogP contribution in [0.1, 0.15) is 77.1 Å². The Morgan fingerprint density at radius 3 is 2.43 bits per heavy atom.